The molecule has 2 fully saturated rings. The van der Waals surface area contributed by atoms with Gasteiger partial charge in [0.25, 0.3) is 0 Å². The Kier molecular flexibility index (Phi) is 5.30. The highest BCUT2D eigenvalue weighted by Gasteiger charge is 2.34. The van der Waals surface area contributed by atoms with Crippen molar-refractivity contribution in [2.45, 2.75) is 82.3 Å². The van der Waals surface area contributed by atoms with Crippen molar-refractivity contribution in [3.63, 3.8) is 0 Å². The number of nitrogens with one attached hydrogen (secondary N) is 1. The van der Waals surface area contributed by atoms with Gasteiger partial charge in [0.05, 0.1) is 24.3 Å². The molecule has 5 rings (SSSR count). The summed E-state index contributed by atoms with van der Waals surface area (Å²) in [6.07, 6.45) is 16.2. The number of imidazole rings is 1. The van der Waals surface area contributed by atoms with Crippen LogP contribution in [0.1, 0.15) is 75.8 Å². The number of carbonyl (C=O) groups is 1. The van der Waals surface area contributed by atoms with E-state index in [4.69, 9.17) is 0 Å². The van der Waals surface area contributed by atoms with Crippen molar-refractivity contribution in [2.75, 3.05) is 6.54 Å². The van der Waals surface area contributed by atoms with Gasteiger partial charge in [-0.3, -0.25) is 0 Å². The van der Waals surface area contributed by atoms with Crippen LogP contribution in [-0.4, -0.2) is 39.1 Å². The van der Waals surface area contributed by atoms with E-state index in [2.05, 4.69) is 44.0 Å². The summed E-state index contributed by atoms with van der Waals surface area (Å²) in [6.45, 7) is 0.620. The van der Waals surface area contributed by atoms with Crippen LogP contribution in [-0.2, 0) is 0 Å². The zero-order chi connectivity index (χ0) is 19.6. The molecule has 0 saturated heterocycles. The lowest BCUT2D eigenvalue weighted by molar-refractivity contribution is 0.104. The van der Waals surface area contributed by atoms with Crippen LogP contribution in [0.4, 0.5) is 4.79 Å². The van der Waals surface area contributed by atoms with Gasteiger partial charge in [0.2, 0.25) is 0 Å². The summed E-state index contributed by atoms with van der Waals surface area (Å²) in [6, 6.07) is 9.62. The molecule has 0 spiro atoms. The minimum Gasteiger partial charge on any atom is -0.336 e. The summed E-state index contributed by atoms with van der Waals surface area (Å²) in [7, 11) is 0. The molecule has 2 aliphatic carbocycles. The summed E-state index contributed by atoms with van der Waals surface area (Å²) in [5.41, 5.74) is 3.67. The van der Waals surface area contributed by atoms with Gasteiger partial charge in [-0.05, 0) is 31.2 Å². The number of urea groups is 1. The fraction of sp³-hybridized carbons (Fsp3) is 0.583. The Bertz CT molecular complexity index is 830. The lowest BCUT2D eigenvalue weighted by atomic mass is 9.89. The van der Waals surface area contributed by atoms with Crippen LogP contribution in [0.5, 0.6) is 0 Å². The van der Waals surface area contributed by atoms with Crippen LogP contribution in [0.2, 0.25) is 0 Å². The molecule has 1 aromatic heterocycles. The molecular weight excluding hydrogens is 360 g/mol. The average Bonchev–Trinajstić information content (AvgIpc) is 3.36. The molecule has 2 aromatic rings. The summed E-state index contributed by atoms with van der Waals surface area (Å²) in [4.78, 5) is 20.1. The standard InChI is InChI=1S/C24H32N4O/c29-24(28(18-9-3-1-4-10-18)19-11-5-2-6-12-19)26-16-23-21-14-8-7-13-20(21)22-15-25-17-27(22)23/h7-8,13-15,17-19,23H,1-6,9-12,16H2,(H,26,29). The topological polar surface area (TPSA) is 50.2 Å². The number of benzene rings is 1. The van der Waals surface area contributed by atoms with Crippen LogP contribution in [0.3, 0.4) is 0 Å². The van der Waals surface area contributed by atoms with Crippen LogP contribution >= 0.6 is 0 Å². The molecule has 5 nitrogen and oxygen atoms in total. The maximum Gasteiger partial charge on any atom is 0.317 e. The number of fused-ring (bicyclic) bond motifs is 3. The number of nitrogens with zero attached hydrogens (tertiary/aromatic N) is 3. The van der Waals surface area contributed by atoms with Crippen LogP contribution in [0.25, 0.3) is 11.3 Å². The maximum absolute atomic E-state index is 13.5. The van der Waals surface area contributed by atoms with Gasteiger partial charge in [0.1, 0.15) is 0 Å². The van der Waals surface area contributed by atoms with E-state index < -0.39 is 0 Å². The fourth-order valence-electron chi connectivity index (χ4n) is 5.76. The highest BCUT2D eigenvalue weighted by molar-refractivity contribution is 5.75. The summed E-state index contributed by atoms with van der Waals surface area (Å²) in [5.74, 6) is 0. The molecule has 2 heterocycles. The largest absolute Gasteiger partial charge is 0.336 e. The molecule has 0 radical (unpaired) electrons. The first kappa shape index (κ1) is 18.7. The Balaban J connectivity index is 1.33. The summed E-state index contributed by atoms with van der Waals surface area (Å²) < 4.78 is 2.20. The van der Waals surface area contributed by atoms with Crippen molar-refractivity contribution in [1.29, 1.82) is 0 Å². The van der Waals surface area contributed by atoms with Gasteiger partial charge >= 0.3 is 6.03 Å². The predicted molar refractivity (Wildman–Crippen MR) is 115 cm³/mol. The molecule has 1 aliphatic heterocycles. The van der Waals surface area contributed by atoms with Crippen LogP contribution in [0, 0.1) is 0 Å². The molecular formula is C24H32N4O. The molecule has 29 heavy (non-hydrogen) atoms. The van der Waals surface area contributed by atoms with E-state index in [0.717, 1.165) is 5.69 Å². The molecule has 5 heteroatoms. The molecule has 1 unspecified atom stereocenters. The Morgan fingerprint density at radius 1 is 1.00 bits per heavy atom. The first-order chi connectivity index (χ1) is 14.3. The Labute approximate surface area is 173 Å². The number of hydrogen-bond donors (Lipinski definition) is 1. The van der Waals surface area contributed by atoms with Gasteiger partial charge < -0.3 is 14.8 Å². The minimum atomic E-state index is 0.132. The fourth-order valence-corrected chi connectivity index (χ4v) is 5.76. The van der Waals surface area contributed by atoms with Crippen LogP contribution < -0.4 is 5.32 Å². The van der Waals surface area contributed by atoms with Crippen molar-refractivity contribution in [2.24, 2.45) is 0 Å². The molecule has 1 N–H and O–H groups in total. The summed E-state index contributed by atoms with van der Waals surface area (Å²) >= 11 is 0. The van der Waals surface area contributed by atoms with Gasteiger partial charge in [0, 0.05) is 24.2 Å². The number of hydrogen-bond acceptors (Lipinski definition) is 2. The maximum atomic E-state index is 13.5. The zero-order valence-electron chi connectivity index (χ0n) is 17.2. The van der Waals surface area contributed by atoms with Crippen molar-refractivity contribution in [1.82, 2.24) is 19.8 Å². The minimum absolute atomic E-state index is 0.132. The quantitative estimate of drug-likeness (QED) is 0.784. The molecule has 154 valence electrons. The van der Waals surface area contributed by atoms with E-state index in [1.807, 2.05) is 12.5 Å². The van der Waals surface area contributed by atoms with Gasteiger partial charge in [-0.1, -0.05) is 62.8 Å². The third kappa shape index (κ3) is 3.56. The predicted octanol–water partition coefficient (Wildman–Crippen LogP) is 5.13. The second-order valence-corrected chi connectivity index (χ2v) is 8.97. The number of rotatable bonds is 4. The van der Waals surface area contributed by atoms with E-state index in [1.54, 1.807) is 0 Å². The number of amides is 2. The Hall–Kier alpha value is -2.30. The lowest BCUT2D eigenvalue weighted by Crippen LogP contribution is -2.53. The molecule has 2 amide bonds. The smallest absolute Gasteiger partial charge is 0.317 e. The van der Waals surface area contributed by atoms with E-state index in [9.17, 15) is 4.79 Å². The monoisotopic (exact) mass is 392 g/mol. The van der Waals surface area contributed by atoms with Gasteiger partial charge in [-0.15, -0.1) is 0 Å². The normalized spacial score (nSPS) is 22.1. The highest BCUT2D eigenvalue weighted by Crippen LogP contribution is 2.38. The van der Waals surface area contributed by atoms with Gasteiger partial charge in [0.15, 0.2) is 0 Å². The van der Waals surface area contributed by atoms with E-state index in [1.165, 1.54) is 75.3 Å². The molecule has 0 bridgehead atoms. The molecule has 1 atom stereocenters. The van der Waals surface area contributed by atoms with Crippen LogP contribution in [0.15, 0.2) is 36.8 Å². The van der Waals surface area contributed by atoms with Crippen molar-refractivity contribution >= 4 is 6.03 Å². The Morgan fingerprint density at radius 3 is 2.34 bits per heavy atom. The second-order valence-electron chi connectivity index (χ2n) is 8.97. The van der Waals surface area contributed by atoms with Crippen molar-refractivity contribution < 1.29 is 4.79 Å². The number of aromatic nitrogens is 2. The SMILES string of the molecule is O=C(NCC1c2ccccc2-c2cncn21)N(C1CCCCC1)C1CCCCC1. The third-order valence-corrected chi connectivity index (χ3v) is 7.21. The first-order valence-electron chi connectivity index (χ1n) is 11.5. The van der Waals surface area contributed by atoms with E-state index >= 15 is 0 Å². The van der Waals surface area contributed by atoms with Gasteiger partial charge in [-0.25, -0.2) is 9.78 Å². The van der Waals surface area contributed by atoms with Gasteiger partial charge in [-0.2, -0.15) is 0 Å². The number of carbonyl (C=O) groups excluding carboxylic acids is 1. The van der Waals surface area contributed by atoms with E-state index in [0.29, 0.717) is 18.6 Å². The highest BCUT2D eigenvalue weighted by atomic mass is 16.2. The first-order valence-corrected chi connectivity index (χ1v) is 11.5. The van der Waals surface area contributed by atoms with Crippen molar-refractivity contribution in [3.8, 4) is 11.3 Å². The third-order valence-electron chi connectivity index (χ3n) is 7.21. The average molecular weight is 393 g/mol. The summed E-state index contributed by atoms with van der Waals surface area (Å²) in [5, 5.41) is 3.33. The second kappa shape index (κ2) is 8.21. The Morgan fingerprint density at radius 2 is 1.66 bits per heavy atom. The van der Waals surface area contributed by atoms with Crippen molar-refractivity contribution in [3.05, 3.63) is 42.4 Å². The molecule has 2 saturated carbocycles. The lowest BCUT2D eigenvalue weighted by Gasteiger charge is -2.41. The molecule has 1 aromatic carbocycles. The zero-order valence-corrected chi connectivity index (χ0v) is 17.2. The van der Waals surface area contributed by atoms with E-state index in [-0.39, 0.29) is 12.1 Å². The molecule has 3 aliphatic rings.